The molecule has 17 heavy (non-hydrogen) atoms. The fourth-order valence-corrected chi connectivity index (χ4v) is 1.15. The highest BCUT2D eigenvalue weighted by atomic mass is 16.1. The van der Waals surface area contributed by atoms with Gasteiger partial charge >= 0.3 is 0 Å². The first-order chi connectivity index (χ1) is 8.24. The lowest BCUT2D eigenvalue weighted by atomic mass is 10.3. The van der Waals surface area contributed by atoms with Crippen LogP contribution in [0.4, 0.5) is 11.9 Å². The number of nitrogens with one attached hydrogen (secondary N) is 3. The Kier molecular flexibility index (Phi) is 3.19. The molecule has 9 heteroatoms. The molecular weight excluding hydrogens is 224 g/mol. The number of anilines is 1. The van der Waals surface area contributed by atoms with Crippen LogP contribution < -0.4 is 5.32 Å². The van der Waals surface area contributed by atoms with E-state index in [-0.39, 0.29) is 12.3 Å². The molecule has 0 aliphatic carbocycles. The molecule has 0 saturated heterocycles. The minimum Gasteiger partial charge on any atom is -0.295 e. The van der Waals surface area contributed by atoms with Gasteiger partial charge in [0.2, 0.25) is 17.8 Å². The maximum Gasteiger partial charge on any atom is 0.245 e. The molecule has 0 saturated carbocycles. The number of aromatic amines is 2. The van der Waals surface area contributed by atoms with Crippen LogP contribution in [-0.2, 0) is 4.79 Å². The summed E-state index contributed by atoms with van der Waals surface area (Å²) in [4.78, 5) is 23.2. The number of hydrogen-bond acceptors (Lipinski definition) is 6. The molecule has 0 fully saturated rings. The Bertz CT molecular complexity index is 500. The van der Waals surface area contributed by atoms with Crippen LogP contribution in [-0.4, -0.2) is 42.0 Å². The molecule has 9 nitrogen and oxygen atoms in total. The summed E-state index contributed by atoms with van der Waals surface area (Å²) in [6.07, 6.45) is 2.80. The summed E-state index contributed by atoms with van der Waals surface area (Å²) in [6, 6.07) is 0. The van der Waals surface area contributed by atoms with E-state index in [1.807, 2.05) is 0 Å². The molecule has 88 valence electrons. The maximum atomic E-state index is 11.5. The van der Waals surface area contributed by atoms with Crippen molar-refractivity contribution in [2.24, 2.45) is 4.99 Å². The molecule has 3 N–H and O–H groups in total. The van der Waals surface area contributed by atoms with Gasteiger partial charge in [0, 0.05) is 5.71 Å². The zero-order valence-electron chi connectivity index (χ0n) is 9.01. The van der Waals surface area contributed by atoms with E-state index in [4.69, 9.17) is 0 Å². The van der Waals surface area contributed by atoms with Crippen LogP contribution >= 0.6 is 0 Å². The second kappa shape index (κ2) is 4.96. The van der Waals surface area contributed by atoms with E-state index in [2.05, 4.69) is 40.7 Å². The predicted octanol–water partition coefficient (Wildman–Crippen LogP) is 0.0440. The summed E-state index contributed by atoms with van der Waals surface area (Å²) < 4.78 is 0. The van der Waals surface area contributed by atoms with E-state index in [1.165, 1.54) is 12.7 Å². The van der Waals surface area contributed by atoms with Crippen molar-refractivity contribution in [3.63, 3.8) is 0 Å². The van der Waals surface area contributed by atoms with Gasteiger partial charge in [-0.15, -0.1) is 0 Å². The minimum atomic E-state index is -0.234. The van der Waals surface area contributed by atoms with Crippen LogP contribution in [0.1, 0.15) is 13.3 Å². The van der Waals surface area contributed by atoms with Crippen molar-refractivity contribution >= 4 is 23.5 Å². The number of amides is 1. The van der Waals surface area contributed by atoms with Crippen LogP contribution in [0.3, 0.4) is 0 Å². The van der Waals surface area contributed by atoms with Crippen molar-refractivity contribution < 1.29 is 4.79 Å². The first-order valence-electron chi connectivity index (χ1n) is 4.79. The van der Waals surface area contributed by atoms with E-state index in [1.54, 1.807) is 6.92 Å². The predicted molar refractivity (Wildman–Crippen MR) is 58.8 cm³/mol. The molecule has 2 rings (SSSR count). The summed E-state index contributed by atoms with van der Waals surface area (Å²) in [5, 5.41) is 14.9. The van der Waals surface area contributed by atoms with Crippen molar-refractivity contribution in [2.45, 2.75) is 13.3 Å². The summed E-state index contributed by atoms with van der Waals surface area (Å²) in [6.45, 7) is 1.72. The number of carbonyl (C=O) groups is 1. The first-order valence-corrected chi connectivity index (χ1v) is 4.79. The first kappa shape index (κ1) is 10.9. The van der Waals surface area contributed by atoms with Gasteiger partial charge in [0.25, 0.3) is 0 Å². The highest BCUT2D eigenvalue weighted by molar-refractivity contribution is 6.05. The summed E-state index contributed by atoms with van der Waals surface area (Å²) in [5.41, 5.74) is 0.610. The van der Waals surface area contributed by atoms with Crippen LogP contribution in [0.5, 0.6) is 0 Å². The smallest absolute Gasteiger partial charge is 0.245 e. The number of hydrogen-bond donors (Lipinski definition) is 3. The van der Waals surface area contributed by atoms with Crippen molar-refractivity contribution in [2.75, 3.05) is 5.32 Å². The van der Waals surface area contributed by atoms with Crippen LogP contribution in [0.15, 0.2) is 17.6 Å². The topological polar surface area (TPSA) is 125 Å². The van der Waals surface area contributed by atoms with Crippen molar-refractivity contribution in [3.05, 3.63) is 12.7 Å². The number of carbonyl (C=O) groups excluding carboxylic acids is 1. The largest absolute Gasteiger partial charge is 0.295 e. The van der Waals surface area contributed by atoms with Crippen molar-refractivity contribution in [1.82, 2.24) is 30.4 Å². The standard InChI is InChI=1S/C8H10N8O/c1-5(13-7-9-3-11-15-7)2-6(17)14-8-10-4-12-16-8/h3-4H,2H2,1H3,(H,9,11,15)(H2,10,12,14,16,17). The highest BCUT2D eigenvalue weighted by Gasteiger charge is 2.06. The number of nitrogens with zero attached hydrogens (tertiary/aromatic N) is 5. The quantitative estimate of drug-likeness (QED) is 0.644. The summed E-state index contributed by atoms with van der Waals surface area (Å²) in [7, 11) is 0. The zero-order valence-corrected chi connectivity index (χ0v) is 9.01. The normalized spacial score (nSPS) is 11.5. The van der Waals surface area contributed by atoms with E-state index in [0.717, 1.165) is 0 Å². The van der Waals surface area contributed by atoms with Crippen LogP contribution in [0.25, 0.3) is 0 Å². The molecule has 0 spiro atoms. The molecule has 0 atom stereocenters. The second-order valence-corrected chi connectivity index (χ2v) is 3.22. The zero-order chi connectivity index (χ0) is 12.1. The average molecular weight is 234 g/mol. The maximum absolute atomic E-state index is 11.5. The van der Waals surface area contributed by atoms with Gasteiger partial charge in [0.1, 0.15) is 12.7 Å². The van der Waals surface area contributed by atoms with Crippen LogP contribution in [0.2, 0.25) is 0 Å². The lowest BCUT2D eigenvalue weighted by Crippen LogP contribution is -2.15. The lowest BCUT2D eigenvalue weighted by Gasteiger charge is -2.00. The number of aliphatic imine (C=N–C) groups is 1. The molecule has 0 radical (unpaired) electrons. The molecule has 1 amide bonds. The van der Waals surface area contributed by atoms with E-state index < -0.39 is 0 Å². The van der Waals surface area contributed by atoms with Gasteiger partial charge in [-0.05, 0) is 6.92 Å². The Morgan fingerprint density at radius 3 is 2.76 bits per heavy atom. The van der Waals surface area contributed by atoms with Gasteiger partial charge in [-0.2, -0.15) is 20.2 Å². The fraction of sp³-hybridized carbons (Fsp3) is 0.250. The molecule has 0 aromatic carbocycles. The van der Waals surface area contributed by atoms with E-state index in [0.29, 0.717) is 17.6 Å². The SMILES string of the molecule is CC(CC(=O)Nc1ncn[nH]1)=Nc1ncn[nH]1. The monoisotopic (exact) mass is 234 g/mol. The lowest BCUT2D eigenvalue weighted by molar-refractivity contribution is -0.115. The number of rotatable bonds is 4. The van der Waals surface area contributed by atoms with Gasteiger partial charge in [0.15, 0.2) is 0 Å². The Labute approximate surface area is 95.8 Å². The minimum absolute atomic E-state index is 0.140. The molecule has 0 bridgehead atoms. The van der Waals surface area contributed by atoms with Gasteiger partial charge in [0.05, 0.1) is 6.42 Å². The molecule has 2 aromatic rings. The van der Waals surface area contributed by atoms with Gasteiger partial charge in [-0.25, -0.2) is 15.2 Å². The Balaban J connectivity index is 1.90. The molecular formula is C8H10N8O. The molecule has 0 unspecified atom stereocenters. The fourth-order valence-electron chi connectivity index (χ4n) is 1.15. The molecule has 0 aliphatic rings. The van der Waals surface area contributed by atoms with Crippen LogP contribution in [0, 0.1) is 0 Å². The van der Waals surface area contributed by atoms with Crippen molar-refractivity contribution in [1.29, 1.82) is 0 Å². The Hall–Kier alpha value is -2.58. The Morgan fingerprint density at radius 2 is 2.12 bits per heavy atom. The summed E-state index contributed by atoms with van der Waals surface area (Å²) >= 11 is 0. The molecule has 0 aliphatic heterocycles. The number of H-pyrrole nitrogens is 2. The second-order valence-electron chi connectivity index (χ2n) is 3.22. The third-order valence-corrected chi connectivity index (χ3v) is 1.79. The average Bonchev–Trinajstić information content (AvgIpc) is 2.90. The Morgan fingerprint density at radius 1 is 1.35 bits per heavy atom. The van der Waals surface area contributed by atoms with Gasteiger partial charge in [-0.3, -0.25) is 10.1 Å². The van der Waals surface area contributed by atoms with Crippen molar-refractivity contribution in [3.8, 4) is 0 Å². The summed E-state index contributed by atoms with van der Waals surface area (Å²) in [5.74, 6) is 0.444. The third-order valence-electron chi connectivity index (χ3n) is 1.79. The van der Waals surface area contributed by atoms with Gasteiger partial charge < -0.3 is 0 Å². The van der Waals surface area contributed by atoms with Gasteiger partial charge in [-0.1, -0.05) is 0 Å². The van der Waals surface area contributed by atoms with E-state index in [9.17, 15) is 4.79 Å². The third kappa shape index (κ3) is 3.19. The highest BCUT2D eigenvalue weighted by Crippen LogP contribution is 2.02. The van der Waals surface area contributed by atoms with E-state index >= 15 is 0 Å². The molecule has 2 heterocycles. The molecule has 2 aromatic heterocycles. The number of aromatic nitrogens is 6.